The highest BCUT2D eigenvalue weighted by molar-refractivity contribution is 5.29. The normalized spacial score (nSPS) is 20.2. The van der Waals surface area contributed by atoms with E-state index in [1.165, 1.54) is 5.56 Å². The summed E-state index contributed by atoms with van der Waals surface area (Å²) in [5, 5.41) is 9.92. The maximum absolute atomic E-state index is 9.92. The standard InChI is InChI=1S/C16H25NO2/c1-13-2-4-15(5-3-13)16(11-17,12-18)10-14-6-8-19-9-7-14/h2-5,14,18H,6-12,17H2,1H3. The average Bonchev–Trinajstić information content (AvgIpc) is 2.47. The third-order valence-corrected chi connectivity index (χ3v) is 4.38. The quantitative estimate of drug-likeness (QED) is 0.854. The lowest BCUT2D eigenvalue weighted by atomic mass is 9.72. The van der Waals surface area contributed by atoms with Gasteiger partial charge in [-0.25, -0.2) is 0 Å². The Bertz CT molecular complexity index is 378. The predicted octanol–water partition coefficient (Wildman–Crippen LogP) is 2.00. The summed E-state index contributed by atoms with van der Waals surface area (Å²) < 4.78 is 5.41. The molecule has 1 aromatic carbocycles. The van der Waals surface area contributed by atoms with Gasteiger partial charge in [0.25, 0.3) is 0 Å². The fraction of sp³-hybridized carbons (Fsp3) is 0.625. The summed E-state index contributed by atoms with van der Waals surface area (Å²) >= 11 is 0. The highest BCUT2D eigenvalue weighted by Crippen LogP contribution is 2.34. The van der Waals surface area contributed by atoms with Crippen molar-refractivity contribution in [2.75, 3.05) is 26.4 Å². The first-order chi connectivity index (χ1) is 9.20. The molecule has 2 rings (SSSR count). The Morgan fingerprint density at radius 1 is 1.26 bits per heavy atom. The van der Waals surface area contributed by atoms with E-state index >= 15 is 0 Å². The average molecular weight is 263 g/mol. The van der Waals surface area contributed by atoms with Gasteiger partial charge in [-0.15, -0.1) is 0 Å². The fourth-order valence-electron chi connectivity index (χ4n) is 2.95. The van der Waals surface area contributed by atoms with Gasteiger partial charge >= 0.3 is 0 Å². The van der Waals surface area contributed by atoms with Crippen LogP contribution < -0.4 is 5.73 Å². The molecule has 1 heterocycles. The minimum absolute atomic E-state index is 0.115. The van der Waals surface area contributed by atoms with Crippen molar-refractivity contribution < 1.29 is 9.84 Å². The second-order valence-electron chi connectivity index (χ2n) is 5.77. The molecule has 1 aliphatic rings. The van der Waals surface area contributed by atoms with E-state index in [1.54, 1.807) is 0 Å². The minimum Gasteiger partial charge on any atom is -0.395 e. The topological polar surface area (TPSA) is 55.5 Å². The Labute approximate surface area is 115 Å². The molecule has 106 valence electrons. The number of hydrogen-bond donors (Lipinski definition) is 2. The molecule has 1 atom stereocenters. The molecule has 0 radical (unpaired) electrons. The lowest BCUT2D eigenvalue weighted by molar-refractivity contribution is 0.0494. The lowest BCUT2D eigenvalue weighted by Crippen LogP contribution is -2.41. The van der Waals surface area contributed by atoms with Gasteiger partial charge in [0.2, 0.25) is 0 Å². The molecule has 3 heteroatoms. The van der Waals surface area contributed by atoms with E-state index < -0.39 is 0 Å². The number of aliphatic hydroxyl groups is 1. The molecular weight excluding hydrogens is 238 g/mol. The first-order valence-corrected chi connectivity index (χ1v) is 7.16. The number of aliphatic hydroxyl groups excluding tert-OH is 1. The fourth-order valence-corrected chi connectivity index (χ4v) is 2.95. The summed E-state index contributed by atoms with van der Waals surface area (Å²) in [6.07, 6.45) is 3.10. The van der Waals surface area contributed by atoms with Gasteiger partial charge in [-0.3, -0.25) is 0 Å². The molecule has 1 fully saturated rings. The van der Waals surface area contributed by atoms with Gasteiger partial charge < -0.3 is 15.6 Å². The first kappa shape index (κ1) is 14.5. The zero-order valence-corrected chi connectivity index (χ0v) is 11.8. The maximum atomic E-state index is 9.92. The molecule has 1 aromatic rings. The molecule has 3 N–H and O–H groups in total. The van der Waals surface area contributed by atoms with Gasteiger partial charge in [-0.05, 0) is 37.7 Å². The highest BCUT2D eigenvalue weighted by atomic mass is 16.5. The van der Waals surface area contributed by atoms with Gasteiger partial charge in [0.15, 0.2) is 0 Å². The van der Waals surface area contributed by atoms with Crippen LogP contribution in [0.4, 0.5) is 0 Å². The molecule has 19 heavy (non-hydrogen) atoms. The number of rotatable bonds is 5. The zero-order valence-electron chi connectivity index (χ0n) is 11.8. The van der Waals surface area contributed by atoms with Crippen molar-refractivity contribution >= 4 is 0 Å². The number of benzene rings is 1. The highest BCUT2D eigenvalue weighted by Gasteiger charge is 2.33. The first-order valence-electron chi connectivity index (χ1n) is 7.16. The molecule has 3 nitrogen and oxygen atoms in total. The van der Waals surface area contributed by atoms with E-state index in [2.05, 4.69) is 31.2 Å². The van der Waals surface area contributed by atoms with Gasteiger partial charge in [-0.1, -0.05) is 29.8 Å². The molecule has 0 amide bonds. The summed E-state index contributed by atoms with van der Waals surface area (Å²) in [5.74, 6) is 0.603. The second-order valence-corrected chi connectivity index (χ2v) is 5.77. The maximum Gasteiger partial charge on any atom is 0.0540 e. The van der Waals surface area contributed by atoms with Crippen LogP contribution in [0.5, 0.6) is 0 Å². The summed E-state index contributed by atoms with van der Waals surface area (Å²) in [6, 6.07) is 8.41. The summed E-state index contributed by atoms with van der Waals surface area (Å²) in [6.45, 7) is 4.36. The van der Waals surface area contributed by atoms with Crippen molar-refractivity contribution in [1.82, 2.24) is 0 Å². The number of aryl methyl sites for hydroxylation is 1. The van der Waals surface area contributed by atoms with Crippen molar-refractivity contribution in [2.24, 2.45) is 11.7 Å². The molecule has 1 aliphatic heterocycles. The minimum atomic E-state index is -0.296. The molecule has 0 spiro atoms. The Kier molecular flexibility index (Phi) is 4.97. The third-order valence-electron chi connectivity index (χ3n) is 4.38. The van der Waals surface area contributed by atoms with E-state index in [4.69, 9.17) is 10.5 Å². The largest absolute Gasteiger partial charge is 0.395 e. The number of ether oxygens (including phenoxy) is 1. The van der Waals surface area contributed by atoms with Crippen LogP contribution >= 0.6 is 0 Å². The van der Waals surface area contributed by atoms with Crippen LogP contribution in [0, 0.1) is 12.8 Å². The van der Waals surface area contributed by atoms with Crippen molar-refractivity contribution in [2.45, 2.75) is 31.6 Å². The van der Waals surface area contributed by atoms with Gasteiger partial charge in [0.05, 0.1) is 6.61 Å². The van der Waals surface area contributed by atoms with Crippen LogP contribution in [0.3, 0.4) is 0 Å². The van der Waals surface area contributed by atoms with Crippen LogP contribution in [-0.4, -0.2) is 31.5 Å². The van der Waals surface area contributed by atoms with E-state index in [0.29, 0.717) is 12.5 Å². The Morgan fingerprint density at radius 2 is 1.89 bits per heavy atom. The summed E-state index contributed by atoms with van der Waals surface area (Å²) in [4.78, 5) is 0. The Morgan fingerprint density at radius 3 is 2.42 bits per heavy atom. The van der Waals surface area contributed by atoms with Gasteiger partial charge in [0.1, 0.15) is 0 Å². The van der Waals surface area contributed by atoms with Crippen LogP contribution in [0.25, 0.3) is 0 Å². The Hall–Kier alpha value is -0.900. The number of hydrogen-bond acceptors (Lipinski definition) is 3. The van der Waals surface area contributed by atoms with E-state index in [1.807, 2.05) is 0 Å². The van der Waals surface area contributed by atoms with E-state index in [9.17, 15) is 5.11 Å². The van der Waals surface area contributed by atoms with E-state index in [-0.39, 0.29) is 12.0 Å². The smallest absolute Gasteiger partial charge is 0.0540 e. The third kappa shape index (κ3) is 3.35. The molecule has 1 saturated heterocycles. The second kappa shape index (κ2) is 6.51. The van der Waals surface area contributed by atoms with Crippen molar-refractivity contribution in [3.8, 4) is 0 Å². The van der Waals surface area contributed by atoms with Crippen LogP contribution in [0.15, 0.2) is 24.3 Å². The van der Waals surface area contributed by atoms with Crippen molar-refractivity contribution in [3.63, 3.8) is 0 Å². The number of nitrogens with two attached hydrogens (primary N) is 1. The molecule has 0 bridgehead atoms. The summed E-state index contributed by atoms with van der Waals surface area (Å²) in [7, 11) is 0. The SMILES string of the molecule is Cc1ccc(C(CN)(CO)CC2CCOCC2)cc1. The predicted molar refractivity (Wildman–Crippen MR) is 77.2 cm³/mol. The summed E-state index contributed by atoms with van der Waals surface area (Å²) in [5.41, 5.74) is 8.11. The molecular formula is C16H25NO2. The molecule has 0 aromatic heterocycles. The van der Waals surface area contributed by atoms with E-state index in [0.717, 1.165) is 38.0 Å². The van der Waals surface area contributed by atoms with Crippen LogP contribution in [-0.2, 0) is 10.2 Å². The van der Waals surface area contributed by atoms with Crippen LogP contribution in [0.1, 0.15) is 30.4 Å². The Balaban J connectivity index is 2.18. The molecule has 0 saturated carbocycles. The molecule has 0 aliphatic carbocycles. The lowest BCUT2D eigenvalue weighted by Gasteiger charge is -2.36. The van der Waals surface area contributed by atoms with Crippen LogP contribution in [0.2, 0.25) is 0 Å². The van der Waals surface area contributed by atoms with Crippen molar-refractivity contribution in [3.05, 3.63) is 35.4 Å². The molecule has 1 unspecified atom stereocenters. The van der Waals surface area contributed by atoms with Gasteiger partial charge in [-0.2, -0.15) is 0 Å². The zero-order chi connectivity index (χ0) is 13.7. The van der Waals surface area contributed by atoms with Crippen molar-refractivity contribution in [1.29, 1.82) is 0 Å². The van der Waals surface area contributed by atoms with Gasteiger partial charge in [0, 0.05) is 25.2 Å². The monoisotopic (exact) mass is 263 g/mol.